The number of nitrogens with one attached hydrogen (secondary N) is 1. The molecule has 18 heavy (non-hydrogen) atoms. The maximum atomic E-state index is 12.0. The van der Waals surface area contributed by atoms with Crippen molar-refractivity contribution >= 4 is 40.9 Å². The maximum Gasteiger partial charge on any atom is 0.276 e. The van der Waals surface area contributed by atoms with Crippen molar-refractivity contribution in [2.24, 2.45) is 0 Å². The minimum absolute atomic E-state index is 0.144. The molecule has 1 heterocycles. The van der Waals surface area contributed by atoms with E-state index in [0.29, 0.717) is 22.4 Å². The van der Waals surface area contributed by atoms with Crippen LogP contribution in [0.3, 0.4) is 0 Å². The summed E-state index contributed by atoms with van der Waals surface area (Å²) in [5.74, 6) is -0.144. The molecule has 0 saturated carbocycles. The summed E-state index contributed by atoms with van der Waals surface area (Å²) in [5, 5.41) is 3.95. The van der Waals surface area contributed by atoms with Crippen LogP contribution in [0.5, 0.6) is 0 Å². The van der Waals surface area contributed by atoms with E-state index in [2.05, 4.69) is 11.9 Å². The summed E-state index contributed by atoms with van der Waals surface area (Å²) in [4.78, 5) is 13.5. The zero-order valence-electron chi connectivity index (χ0n) is 9.52. The van der Waals surface area contributed by atoms with Crippen molar-refractivity contribution in [1.82, 2.24) is 10.2 Å². The van der Waals surface area contributed by atoms with Gasteiger partial charge in [-0.1, -0.05) is 29.8 Å². The third kappa shape index (κ3) is 2.60. The monoisotopic (exact) mass is 278 g/mol. The number of thiocarbonyl (C=S) groups is 1. The minimum Gasteiger partial charge on any atom is -0.328 e. The lowest BCUT2D eigenvalue weighted by atomic mass is 10.2. The first-order valence-electron chi connectivity index (χ1n) is 5.33. The molecule has 0 atom stereocenters. The molecule has 2 rings (SSSR count). The molecular formula is C13H11ClN2OS. The second-order valence-electron chi connectivity index (χ2n) is 3.74. The first-order chi connectivity index (χ1) is 8.61. The number of carbonyl (C=O) groups excluding carboxylic acids is 1. The van der Waals surface area contributed by atoms with Gasteiger partial charge in [0, 0.05) is 11.6 Å². The van der Waals surface area contributed by atoms with Gasteiger partial charge in [0.2, 0.25) is 0 Å². The van der Waals surface area contributed by atoms with Gasteiger partial charge < -0.3 is 5.32 Å². The van der Waals surface area contributed by atoms with Crippen molar-refractivity contribution < 1.29 is 4.79 Å². The quantitative estimate of drug-likeness (QED) is 0.524. The summed E-state index contributed by atoms with van der Waals surface area (Å²) in [5.41, 5.74) is 1.35. The Bertz CT molecular complexity index is 536. The summed E-state index contributed by atoms with van der Waals surface area (Å²) in [6.45, 7) is 4.00. The number of benzene rings is 1. The van der Waals surface area contributed by atoms with Gasteiger partial charge in [0.05, 0.1) is 0 Å². The first-order valence-corrected chi connectivity index (χ1v) is 6.11. The Hall–Kier alpha value is -1.65. The van der Waals surface area contributed by atoms with E-state index in [1.807, 2.05) is 12.1 Å². The number of nitrogens with zero attached hydrogens (tertiary/aromatic N) is 1. The highest BCUT2D eigenvalue weighted by molar-refractivity contribution is 7.80. The van der Waals surface area contributed by atoms with E-state index in [-0.39, 0.29) is 5.91 Å². The van der Waals surface area contributed by atoms with E-state index in [4.69, 9.17) is 23.8 Å². The molecule has 1 saturated heterocycles. The molecule has 1 aromatic rings. The molecule has 0 aliphatic carbocycles. The van der Waals surface area contributed by atoms with E-state index in [0.717, 1.165) is 5.56 Å². The van der Waals surface area contributed by atoms with Crippen molar-refractivity contribution in [1.29, 1.82) is 0 Å². The normalized spacial score (nSPS) is 17.2. The molecule has 0 unspecified atom stereocenters. The molecule has 0 bridgehead atoms. The summed E-state index contributed by atoms with van der Waals surface area (Å²) >= 11 is 10.9. The van der Waals surface area contributed by atoms with Crippen LogP contribution in [0.15, 0.2) is 42.6 Å². The maximum absolute atomic E-state index is 12.0. The first kappa shape index (κ1) is 12.8. The fraction of sp³-hybridized carbons (Fsp3) is 0.0769. The molecule has 1 aliphatic heterocycles. The van der Waals surface area contributed by atoms with E-state index in [1.165, 1.54) is 4.90 Å². The van der Waals surface area contributed by atoms with Crippen molar-refractivity contribution in [3.63, 3.8) is 0 Å². The molecule has 1 N–H and O–H groups in total. The number of amides is 1. The van der Waals surface area contributed by atoms with Gasteiger partial charge in [0.25, 0.3) is 5.91 Å². The standard InChI is InChI=1S/C13H11ClN2OS/c1-2-7-16-12(17)11(15-13(16)18)8-9-3-5-10(14)6-4-9/h2-6,8H,1,7H2,(H,15,18). The Morgan fingerprint density at radius 1 is 1.39 bits per heavy atom. The lowest BCUT2D eigenvalue weighted by Crippen LogP contribution is -2.30. The van der Waals surface area contributed by atoms with Gasteiger partial charge in [-0.3, -0.25) is 9.69 Å². The highest BCUT2D eigenvalue weighted by Gasteiger charge is 2.29. The van der Waals surface area contributed by atoms with Crippen LogP contribution in [0.25, 0.3) is 6.08 Å². The van der Waals surface area contributed by atoms with E-state index < -0.39 is 0 Å². The summed E-state index contributed by atoms with van der Waals surface area (Å²) in [6.07, 6.45) is 3.38. The Morgan fingerprint density at radius 2 is 2.06 bits per heavy atom. The second-order valence-corrected chi connectivity index (χ2v) is 4.57. The smallest absolute Gasteiger partial charge is 0.276 e. The fourth-order valence-corrected chi connectivity index (χ4v) is 1.99. The van der Waals surface area contributed by atoms with E-state index in [1.54, 1.807) is 24.3 Å². The van der Waals surface area contributed by atoms with Gasteiger partial charge in [0.15, 0.2) is 5.11 Å². The predicted octanol–water partition coefficient (Wildman–Crippen LogP) is 2.58. The lowest BCUT2D eigenvalue weighted by Gasteiger charge is -2.09. The molecule has 5 heteroatoms. The van der Waals surface area contributed by atoms with Crippen LogP contribution in [-0.4, -0.2) is 22.5 Å². The van der Waals surface area contributed by atoms with Crippen molar-refractivity contribution in [2.45, 2.75) is 0 Å². The topological polar surface area (TPSA) is 32.3 Å². The Balaban J connectivity index is 2.24. The van der Waals surface area contributed by atoms with Gasteiger partial charge in [-0.2, -0.15) is 0 Å². The number of rotatable bonds is 3. The summed E-state index contributed by atoms with van der Waals surface area (Å²) < 4.78 is 0. The number of hydrogen-bond donors (Lipinski definition) is 1. The predicted molar refractivity (Wildman–Crippen MR) is 77.1 cm³/mol. The highest BCUT2D eigenvalue weighted by Crippen LogP contribution is 2.16. The summed E-state index contributed by atoms with van der Waals surface area (Å²) in [7, 11) is 0. The van der Waals surface area contributed by atoms with Crippen LogP contribution in [0.4, 0.5) is 0 Å². The zero-order valence-corrected chi connectivity index (χ0v) is 11.1. The molecule has 3 nitrogen and oxygen atoms in total. The third-order valence-electron chi connectivity index (χ3n) is 2.45. The molecule has 1 fully saturated rings. The number of halogens is 1. The van der Waals surface area contributed by atoms with Crippen molar-refractivity contribution in [3.8, 4) is 0 Å². The van der Waals surface area contributed by atoms with Gasteiger partial charge in [-0.05, 0) is 36.0 Å². The molecule has 0 aromatic heterocycles. The molecule has 0 spiro atoms. The Labute approximate surface area is 116 Å². The van der Waals surface area contributed by atoms with Gasteiger partial charge in [-0.15, -0.1) is 6.58 Å². The van der Waals surface area contributed by atoms with Crippen LogP contribution < -0.4 is 5.32 Å². The number of carbonyl (C=O) groups is 1. The van der Waals surface area contributed by atoms with Gasteiger partial charge in [0.1, 0.15) is 5.70 Å². The second kappa shape index (κ2) is 5.33. The Morgan fingerprint density at radius 3 is 2.67 bits per heavy atom. The van der Waals surface area contributed by atoms with Crippen LogP contribution >= 0.6 is 23.8 Å². The zero-order chi connectivity index (χ0) is 13.1. The van der Waals surface area contributed by atoms with Gasteiger partial charge in [-0.25, -0.2) is 0 Å². The lowest BCUT2D eigenvalue weighted by molar-refractivity contribution is -0.122. The van der Waals surface area contributed by atoms with E-state index >= 15 is 0 Å². The minimum atomic E-state index is -0.144. The van der Waals surface area contributed by atoms with Crippen molar-refractivity contribution in [3.05, 3.63) is 53.2 Å². The molecule has 1 aromatic carbocycles. The average molecular weight is 279 g/mol. The van der Waals surface area contributed by atoms with Crippen LogP contribution in [-0.2, 0) is 4.79 Å². The number of hydrogen-bond acceptors (Lipinski definition) is 2. The molecule has 0 radical (unpaired) electrons. The van der Waals surface area contributed by atoms with Crippen LogP contribution in [0.2, 0.25) is 5.02 Å². The molecule has 1 aliphatic rings. The van der Waals surface area contributed by atoms with Crippen LogP contribution in [0, 0.1) is 0 Å². The molecule has 92 valence electrons. The Kier molecular flexibility index (Phi) is 3.79. The van der Waals surface area contributed by atoms with E-state index in [9.17, 15) is 4.79 Å². The average Bonchev–Trinajstić information content (AvgIpc) is 2.60. The van der Waals surface area contributed by atoms with Crippen molar-refractivity contribution in [2.75, 3.05) is 6.54 Å². The largest absolute Gasteiger partial charge is 0.328 e. The SMILES string of the molecule is C=CCN1C(=O)C(=Cc2ccc(Cl)cc2)NC1=S. The third-order valence-corrected chi connectivity index (χ3v) is 3.03. The highest BCUT2D eigenvalue weighted by atomic mass is 35.5. The summed E-state index contributed by atoms with van der Waals surface area (Å²) in [6, 6.07) is 7.22. The molecule has 1 amide bonds. The molecular weight excluding hydrogens is 268 g/mol. The van der Waals surface area contributed by atoms with Crippen LogP contribution in [0.1, 0.15) is 5.56 Å². The fourth-order valence-electron chi connectivity index (χ4n) is 1.59. The van der Waals surface area contributed by atoms with Gasteiger partial charge >= 0.3 is 0 Å².